The van der Waals surface area contributed by atoms with E-state index in [4.69, 9.17) is 0 Å². The molecule has 1 aliphatic heterocycles. The Morgan fingerprint density at radius 1 is 1.32 bits per heavy atom. The van der Waals surface area contributed by atoms with Crippen LogP contribution in [0.1, 0.15) is 30.4 Å². The van der Waals surface area contributed by atoms with Gasteiger partial charge >= 0.3 is 5.97 Å². The molecule has 1 fully saturated rings. The molecule has 102 valence electrons. The van der Waals surface area contributed by atoms with E-state index in [2.05, 4.69) is 0 Å². The van der Waals surface area contributed by atoms with E-state index < -0.39 is 12.0 Å². The van der Waals surface area contributed by atoms with E-state index in [1.807, 2.05) is 31.2 Å². The zero-order chi connectivity index (χ0) is 13.8. The first-order chi connectivity index (χ1) is 9.09. The van der Waals surface area contributed by atoms with Crippen LogP contribution in [-0.2, 0) is 16.0 Å². The van der Waals surface area contributed by atoms with E-state index in [0.717, 1.165) is 24.0 Å². The van der Waals surface area contributed by atoms with Gasteiger partial charge in [0.1, 0.15) is 6.04 Å². The molecule has 1 amide bonds. The molecule has 0 bridgehead atoms. The number of aryl methyl sites for hydroxylation is 1. The maximum absolute atomic E-state index is 12.3. The molecule has 1 unspecified atom stereocenters. The molecular weight excluding hydrogens is 242 g/mol. The number of hydrogen-bond donors (Lipinski definition) is 1. The Morgan fingerprint density at radius 2 is 2.05 bits per heavy atom. The highest BCUT2D eigenvalue weighted by molar-refractivity contribution is 5.85. The van der Waals surface area contributed by atoms with Gasteiger partial charge in [0.15, 0.2) is 0 Å². The molecule has 1 saturated heterocycles. The van der Waals surface area contributed by atoms with Crippen LogP contribution in [0.4, 0.5) is 0 Å². The first kappa shape index (κ1) is 13.6. The van der Waals surface area contributed by atoms with E-state index in [1.54, 1.807) is 0 Å². The number of hydrogen-bond acceptors (Lipinski definition) is 2. The van der Waals surface area contributed by atoms with Crippen molar-refractivity contribution in [2.45, 2.75) is 38.6 Å². The van der Waals surface area contributed by atoms with Gasteiger partial charge in [-0.15, -0.1) is 0 Å². The monoisotopic (exact) mass is 261 g/mol. The van der Waals surface area contributed by atoms with Crippen LogP contribution >= 0.6 is 0 Å². The van der Waals surface area contributed by atoms with Crippen LogP contribution in [0.25, 0.3) is 0 Å². The fraction of sp³-hybridized carbons (Fsp3) is 0.467. The minimum atomic E-state index is -0.891. The third-order valence-corrected chi connectivity index (χ3v) is 3.71. The van der Waals surface area contributed by atoms with Crippen molar-refractivity contribution >= 4 is 11.9 Å². The normalized spacial score (nSPS) is 19.2. The average molecular weight is 261 g/mol. The van der Waals surface area contributed by atoms with Crippen LogP contribution in [0, 0.1) is 6.92 Å². The van der Waals surface area contributed by atoms with Gasteiger partial charge in [0, 0.05) is 6.54 Å². The number of nitrogens with zero attached hydrogens (tertiary/aromatic N) is 1. The van der Waals surface area contributed by atoms with Gasteiger partial charge in [0.2, 0.25) is 5.91 Å². The SMILES string of the molecule is Cc1ccccc1CC(=O)N1CCCCC1C(=O)O. The Labute approximate surface area is 113 Å². The summed E-state index contributed by atoms with van der Waals surface area (Å²) in [4.78, 5) is 25.0. The Hall–Kier alpha value is -1.84. The fourth-order valence-electron chi connectivity index (χ4n) is 2.56. The van der Waals surface area contributed by atoms with E-state index in [0.29, 0.717) is 13.0 Å². The number of piperidine rings is 1. The number of carbonyl (C=O) groups excluding carboxylic acids is 1. The summed E-state index contributed by atoms with van der Waals surface area (Å²) in [5, 5.41) is 9.18. The average Bonchev–Trinajstić information content (AvgIpc) is 2.41. The topological polar surface area (TPSA) is 57.6 Å². The summed E-state index contributed by atoms with van der Waals surface area (Å²) < 4.78 is 0. The van der Waals surface area contributed by atoms with Crippen LogP contribution in [0.5, 0.6) is 0 Å². The first-order valence-corrected chi connectivity index (χ1v) is 6.66. The molecule has 2 rings (SSSR count). The lowest BCUT2D eigenvalue weighted by atomic mass is 10.00. The van der Waals surface area contributed by atoms with Gasteiger partial charge in [-0.25, -0.2) is 4.79 Å². The van der Waals surface area contributed by atoms with Gasteiger partial charge in [-0.05, 0) is 37.3 Å². The van der Waals surface area contributed by atoms with Gasteiger partial charge in [-0.2, -0.15) is 0 Å². The van der Waals surface area contributed by atoms with E-state index in [-0.39, 0.29) is 12.3 Å². The molecule has 0 saturated carbocycles. The number of carboxylic acids is 1. The minimum absolute atomic E-state index is 0.0820. The summed E-state index contributed by atoms with van der Waals surface area (Å²) in [5.74, 6) is -0.973. The summed E-state index contributed by atoms with van der Waals surface area (Å²) in [6.07, 6.45) is 2.62. The minimum Gasteiger partial charge on any atom is -0.480 e. The van der Waals surface area contributed by atoms with Crippen LogP contribution in [0.3, 0.4) is 0 Å². The second-order valence-corrected chi connectivity index (χ2v) is 5.04. The number of carbonyl (C=O) groups is 2. The fourth-order valence-corrected chi connectivity index (χ4v) is 2.56. The molecule has 19 heavy (non-hydrogen) atoms. The van der Waals surface area contributed by atoms with Crippen LogP contribution in [0.15, 0.2) is 24.3 Å². The number of carboxylic acid groups (broad SMARTS) is 1. The van der Waals surface area contributed by atoms with Crippen molar-refractivity contribution < 1.29 is 14.7 Å². The molecular formula is C15H19NO3. The summed E-state index contributed by atoms with van der Waals surface area (Å²) >= 11 is 0. The summed E-state index contributed by atoms with van der Waals surface area (Å²) in [6, 6.07) is 7.08. The second kappa shape index (κ2) is 5.87. The predicted molar refractivity (Wildman–Crippen MR) is 71.9 cm³/mol. The molecule has 0 aliphatic carbocycles. The summed E-state index contributed by atoms with van der Waals surface area (Å²) in [5.41, 5.74) is 2.04. The van der Waals surface area contributed by atoms with Crippen molar-refractivity contribution in [3.8, 4) is 0 Å². The Kier molecular flexibility index (Phi) is 4.20. The zero-order valence-electron chi connectivity index (χ0n) is 11.1. The van der Waals surface area contributed by atoms with Gasteiger partial charge < -0.3 is 10.0 Å². The van der Waals surface area contributed by atoms with Gasteiger partial charge in [0.25, 0.3) is 0 Å². The molecule has 4 heteroatoms. The van der Waals surface area contributed by atoms with E-state index in [9.17, 15) is 14.7 Å². The maximum Gasteiger partial charge on any atom is 0.326 e. The Balaban J connectivity index is 2.10. The first-order valence-electron chi connectivity index (χ1n) is 6.66. The molecule has 0 spiro atoms. The van der Waals surface area contributed by atoms with E-state index >= 15 is 0 Å². The lowest BCUT2D eigenvalue weighted by Crippen LogP contribution is -2.48. The second-order valence-electron chi connectivity index (χ2n) is 5.04. The van der Waals surface area contributed by atoms with Crippen molar-refractivity contribution in [3.05, 3.63) is 35.4 Å². The van der Waals surface area contributed by atoms with Crippen LogP contribution in [0.2, 0.25) is 0 Å². The van der Waals surface area contributed by atoms with Gasteiger partial charge in [0.05, 0.1) is 6.42 Å². The number of amides is 1. The standard InChI is InChI=1S/C15H19NO3/c1-11-6-2-3-7-12(11)10-14(17)16-9-5-4-8-13(16)15(18)19/h2-3,6-7,13H,4-5,8-10H2,1H3,(H,18,19). The molecule has 1 aliphatic rings. The number of aliphatic carboxylic acids is 1. The molecule has 1 N–H and O–H groups in total. The number of likely N-dealkylation sites (tertiary alicyclic amines) is 1. The van der Waals surface area contributed by atoms with Crippen molar-refractivity contribution in [3.63, 3.8) is 0 Å². The third kappa shape index (κ3) is 3.13. The molecule has 1 aromatic carbocycles. The molecule has 1 aromatic rings. The lowest BCUT2D eigenvalue weighted by Gasteiger charge is -2.33. The smallest absolute Gasteiger partial charge is 0.326 e. The summed E-state index contributed by atoms with van der Waals surface area (Å²) in [7, 11) is 0. The van der Waals surface area contributed by atoms with Crippen molar-refractivity contribution in [1.82, 2.24) is 4.90 Å². The van der Waals surface area contributed by atoms with Crippen LogP contribution < -0.4 is 0 Å². The lowest BCUT2D eigenvalue weighted by molar-refractivity contribution is -0.151. The molecule has 0 radical (unpaired) electrons. The highest BCUT2D eigenvalue weighted by Crippen LogP contribution is 2.19. The Morgan fingerprint density at radius 3 is 2.74 bits per heavy atom. The van der Waals surface area contributed by atoms with Crippen molar-refractivity contribution in [2.24, 2.45) is 0 Å². The largest absolute Gasteiger partial charge is 0.480 e. The van der Waals surface area contributed by atoms with Crippen LogP contribution in [-0.4, -0.2) is 34.5 Å². The highest BCUT2D eigenvalue weighted by atomic mass is 16.4. The zero-order valence-corrected chi connectivity index (χ0v) is 11.1. The van der Waals surface area contributed by atoms with E-state index in [1.165, 1.54) is 4.90 Å². The predicted octanol–water partition coefficient (Wildman–Crippen LogP) is 2.00. The maximum atomic E-state index is 12.3. The van der Waals surface area contributed by atoms with Crippen molar-refractivity contribution in [1.29, 1.82) is 0 Å². The molecule has 4 nitrogen and oxygen atoms in total. The summed E-state index contributed by atoms with van der Waals surface area (Å²) in [6.45, 7) is 2.52. The third-order valence-electron chi connectivity index (χ3n) is 3.71. The number of rotatable bonds is 3. The van der Waals surface area contributed by atoms with Gasteiger partial charge in [-0.1, -0.05) is 24.3 Å². The molecule has 1 atom stereocenters. The highest BCUT2D eigenvalue weighted by Gasteiger charge is 2.31. The van der Waals surface area contributed by atoms with Gasteiger partial charge in [-0.3, -0.25) is 4.79 Å². The Bertz CT molecular complexity index is 484. The molecule has 0 aromatic heterocycles. The van der Waals surface area contributed by atoms with Crippen molar-refractivity contribution in [2.75, 3.05) is 6.54 Å². The molecule has 1 heterocycles. The quantitative estimate of drug-likeness (QED) is 0.905. The number of benzene rings is 1.